The Bertz CT molecular complexity index is 823. The zero-order valence-electron chi connectivity index (χ0n) is 13.6. The zero-order valence-corrected chi connectivity index (χ0v) is 15.2. The van der Waals surface area contributed by atoms with Crippen molar-refractivity contribution in [3.05, 3.63) is 70.3 Å². The lowest BCUT2D eigenvalue weighted by molar-refractivity contribution is 0.831. The molecule has 3 rings (SSSR count). The molecule has 0 saturated carbocycles. The minimum absolute atomic E-state index is 0.576. The number of hydrogen-bond acceptors (Lipinski definition) is 5. The Morgan fingerprint density at radius 2 is 1.92 bits per heavy atom. The highest BCUT2D eigenvalue weighted by Crippen LogP contribution is 2.26. The topological polar surface area (TPSA) is 53.9 Å². The third-order valence-corrected chi connectivity index (χ3v) is 4.20. The number of aromatic nitrogens is 3. The smallest absolute Gasteiger partial charge is 0.247 e. The second kappa shape index (κ2) is 7.40. The minimum Gasteiger partial charge on any atom is -0.338 e. The molecule has 0 aliphatic rings. The summed E-state index contributed by atoms with van der Waals surface area (Å²) in [6, 6.07) is 16.3. The fourth-order valence-electron chi connectivity index (χ4n) is 2.30. The average molecular weight is 384 g/mol. The molecule has 0 fully saturated rings. The first-order valence-electron chi connectivity index (χ1n) is 7.60. The van der Waals surface area contributed by atoms with Crippen molar-refractivity contribution in [3.8, 4) is 0 Å². The summed E-state index contributed by atoms with van der Waals surface area (Å²) in [5.41, 5.74) is 3.33. The normalized spacial score (nSPS) is 10.5. The van der Waals surface area contributed by atoms with Gasteiger partial charge in [-0.25, -0.2) is 0 Å². The van der Waals surface area contributed by atoms with Gasteiger partial charge < -0.3 is 10.2 Å². The number of nitrogens with one attached hydrogen (secondary N) is 1. The third-order valence-electron chi connectivity index (χ3n) is 3.54. The molecule has 2 aromatic carbocycles. The molecule has 0 amide bonds. The van der Waals surface area contributed by atoms with Crippen molar-refractivity contribution < 1.29 is 0 Å². The van der Waals surface area contributed by atoms with Crippen LogP contribution in [0, 0.1) is 6.92 Å². The Morgan fingerprint density at radius 3 is 2.67 bits per heavy atom. The molecule has 0 bridgehead atoms. The Morgan fingerprint density at radius 1 is 1.12 bits per heavy atom. The van der Waals surface area contributed by atoms with Crippen LogP contribution in [0.5, 0.6) is 0 Å². The number of aryl methyl sites for hydroxylation is 1. The second-order valence-electron chi connectivity index (χ2n) is 5.59. The summed E-state index contributed by atoms with van der Waals surface area (Å²) in [6.07, 6.45) is 1.62. The van der Waals surface area contributed by atoms with Crippen molar-refractivity contribution in [2.24, 2.45) is 0 Å². The van der Waals surface area contributed by atoms with E-state index >= 15 is 0 Å². The molecule has 6 heteroatoms. The van der Waals surface area contributed by atoms with E-state index in [1.54, 1.807) is 6.20 Å². The number of hydrogen-bond donors (Lipinski definition) is 1. The first-order chi connectivity index (χ1) is 11.6. The summed E-state index contributed by atoms with van der Waals surface area (Å²) in [4.78, 5) is 6.52. The highest BCUT2D eigenvalue weighted by atomic mass is 79.9. The van der Waals surface area contributed by atoms with Crippen LogP contribution >= 0.6 is 15.9 Å². The van der Waals surface area contributed by atoms with Crippen molar-refractivity contribution in [1.82, 2.24) is 15.2 Å². The first kappa shape index (κ1) is 16.4. The van der Waals surface area contributed by atoms with Crippen molar-refractivity contribution in [2.45, 2.75) is 13.5 Å². The van der Waals surface area contributed by atoms with Gasteiger partial charge in [0.15, 0.2) is 5.82 Å². The highest BCUT2D eigenvalue weighted by molar-refractivity contribution is 9.10. The van der Waals surface area contributed by atoms with E-state index in [9.17, 15) is 0 Å². The quantitative estimate of drug-likeness (QED) is 0.710. The van der Waals surface area contributed by atoms with E-state index < -0.39 is 0 Å². The lowest BCUT2D eigenvalue weighted by Crippen LogP contribution is -2.19. The number of rotatable bonds is 5. The number of benzene rings is 2. The SMILES string of the molecule is Cc1ccc(Nc2cnnc(N(C)Cc3ccccc3)n2)c(Br)c1. The van der Waals surface area contributed by atoms with Crippen LogP contribution < -0.4 is 10.2 Å². The van der Waals surface area contributed by atoms with Gasteiger partial charge in [0, 0.05) is 18.1 Å². The van der Waals surface area contributed by atoms with Gasteiger partial charge in [0.1, 0.15) is 0 Å². The second-order valence-corrected chi connectivity index (χ2v) is 6.45. The summed E-state index contributed by atoms with van der Waals surface area (Å²) in [5.74, 6) is 1.23. The largest absolute Gasteiger partial charge is 0.338 e. The van der Waals surface area contributed by atoms with E-state index in [1.807, 2.05) is 42.3 Å². The molecule has 3 aromatic rings. The van der Waals surface area contributed by atoms with Crippen LogP contribution in [0.1, 0.15) is 11.1 Å². The third kappa shape index (κ3) is 4.08. The maximum atomic E-state index is 4.55. The minimum atomic E-state index is 0.576. The van der Waals surface area contributed by atoms with Gasteiger partial charge >= 0.3 is 0 Å². The van der Waals surface area contributed by atoms with Crippen LogP contribution in [-0.4, -0.2) is 22.2 Å². The Kier molecular flexibility index (Phi) is 5.05. The molecule has 24 heavy (non-hydrogen) atoms. The predicted molar refractivity (Wildman–Crippen MR) is 101 cm³/mol. The summed E-state index contributed by atoms with van der Waals surface area (Å²) >= 11 is 3.56. The molecule has 0 atom stereocenters. The average Bonchev–Trinajstić information content (AvgIpc) is 2.59. The molecule has 0 aliphatic heterocycles. The maximum Gasteiger partial charge on any atom is 0.247 e. The number of halogens is 1. The monoisotopic (exact) mass is 383 g/mol. The molecule has 5 nitrogen and oxygen atoms in total. The van der Waals surface area contributed by atoms with Gasteiger partial charge in [-0.15, -0.1) is 5.10 Å². The number of anilines is 3. The summed E-state index contributed by atoms with van der Waals surface area (Å²) < 4.78 is 0.986. The van der Waals surface area contributed by atoms with Crippen molar-refractivity contribution in [2.75, 3.05) is 17.3 Å². The predicted octanol–water partition coefficient (Wildman–Crippen LogP) is 4.32. The molecule has 1 heterocycles. The van der Waals surface area contributed by atoms with E-state index in [2.05, 4.69) is 61.6 Å². The molecule has 122 valence electrons. The number of nitrogens with zero attached hydrogens (tertiary/aromatic N) is 4. The Balaban J connectivity index is 1.76. The van der Waals surface area contributed by atoms with E-state index in [-0.39, 0.29) is 0 Å². The van der Waals surface area contributed by atoms with Gasteiger partial charge in [0.05, 0.1) is 11.9 Å². The molecule has 1 N–H and O–H groups in total. The van der Waals surface area contributed by atoms with E-state index in [4.69, 9.17) is 0 Å². The molecule has 0 radical (unpaired) electrons. The Labute approximate surface area is 149 Å². The lowest BCUT2D eigenvalue weighted by atomic mass is 10.2. The van der Waals surface area contributed by atoms with Gasteiger partial charge in [-0.3, -0.25) is 0 Å². The van der Waals surface area contributed by atoms with Gasteiger partial charge in [0.25, 0.3) is 0 Å². The molecular weight excluding hydrogens is 366 g/mol. The maximum absolute atomic E-state index is 4.55. The fourth-order valence-corrected chi connectivity index (χ4v) is 2.90. The molecule has 0 unspecified atom stereocenters. The van der Waals surface area contributed by atoms with Crippen LogP contribution in [0.2, 0.25) is 0 Å². The van der Waals surface area contributed by atoms with Gasteiger partial charge in [-0.1, -0.05) is 36.4 Å². The first-order valence-corrected chi connectivity index (χ1v) is 8.39. The van der Waals surface area contributed by atoms with Crippen molar-refractivity contribution in [1.29, 1.82) is 0 Å². The van der Waals surface area contributed by atoms with E-state index in [0.717, 1.165) is 16.7 Å². The van der Waals surface area contributed by atoms with E-state index in [0.29, 0.717) is 11.8 Å². The Hall–Kier alpha value is -2.47. The van der Waals surface area contributed by atoms with Crippen LogP contribution in [-0.2, 0) is 6.54 Å². The zero-order chi connectivity index (χ0) is 16.9. The van der Waals surface area contributed by atoms with Gasteiger partial charge in [0.2, 0.25) is 5.95 Å². The van der Waals surface area contributed by atoms with Crippen molar-refractivity contribution in [3.63, 3.8) is 0 Å². The van der Waals surface area contributed by atoms with Crippen LogP contribution in [0.3, 0.4) is 0 Å². The van der Waals surface area contributed by atoms with Gasteiger partial charge in [-0.05, 0) is 46.1 Å². The van der Waals surface area contributed by atoms with Crippen LogP contribution in [0.25, 0.3) is 0 Å². The molecular formula is C18H18BrN5. The van der Waals surface area contributed by atoms with Gasteiger partial charge in [-0.2, -0.15) is 10.1 Å². The standard InChI is InChI=1S/C18H18BrN5/c1-13-8-9-16(15(19)10-13)21-17-11-20-23-18(22-17)24(2)12-14-6-4-3-5-7-14/h3-11H,12H2,1-2H3,(H,21,22,23). The lowest BCUT2D eigenvalue weighted by Gasteiger charge is -2.17. The van der Waals surface area contributed by atoms with E-state index in [1.165, 1.54) is 11.1 Å². The fraction of sp³-hybridized carbons (Fsp3) is 0.167. The molecule has 0 spiro atoms. The summed E-state index contributed by atoms with van der Waals surface area (Å²) in [5, 5.41) is 11.5. The molecule has 0 aliphatic carbocycles. The van der Waals surface area contributed by atoms with Crippen molar-refractivity contribution >= 4 is 33.4 Å². The summed E-state index contributed by atoms with van der Waals surface area (Å²) in [6.45, 7) is 2.78. The molecule has 1 aromatic heterocycles. The van der Waals surface area contributed by atoms with Crippen LogP contribution in [0.15, 0.2) is 59.2 Å². The summed E-state index contributed by atoms with van der Waals surface area (Å²) in [7, 11) is 1.95. The molecule has 0 saturated heterocycles. The van der Waals surface area contributed by atoms with Crippen LogP contribution in [0.4, 0.5) is 17.5 Å². The highest BCUT2D eigenvalue weighted by Gasteiger charge is 2.08.